The number of carboxylic acid groups (broad SMARTS) is 1. The number of hydrogen-bond acceptors (Lipinski definition) is 7. The number of allylic oxidation sites excluding steroid dienone is 1. The highest BCUT2D eigenvalue weighted by Gasteiger charge is 2.27. The molecule has 1 aliphatic heterocycles. The molecule has 0 radical (unpaired) electrons. The van der Waals surface area contributed by atoms with Gasteiger partial charge in [0.2, 0.25) is 5.95 Å². The maximum atomic E-state index is 11.4. The Labute approximate surface area is 144 Å². The van der Waals surface area contributed by atoms with Crippen molar-refractivity contribution in [1.29, 1.82) is 0 Å². The van der Waals surface area contributed by atoms with Crippen molar-refractivity contribution in [2.45, 2.75) is 32.9 Å². The average molecular weight is 345 g/mol. The predicted molar refractivity (Wildman–Crippen MR) is 88.7 cm³/mol. The Bertz CT molecular complexity index is 815. The van der Waals surface area contributed by atoms with Crippen molar-refractivity contribution in [3.05, 3.63) is 35.5 Å². The fourth-order valence-corrected chi connectivity index (χ4v) is 2.54. The highest BCUT2D eigenvalue weighted by atomic mass is 16.5. The maximum Gasteiger partial charge on any atom is 0.352 e. The Balaban J connectivity index is 2.03. The van der Waals surface area contributed by atoms with Crippen LogP contribution in [0.25, 0.3) is 0 Å². The van der Waals surface area contributed by atoms with E-state index in [9.17, 15) is 9.90 Å². The highest BCUT2D eigenvalue weighted by molar-refractivity contribution is 5.90. The minimum Gasteiger partial charge on any atom is -0.490 e. The van der Waals surface area contributed by atoms with Crippen molar-refractivity contribution in [2.24, 2.45) is 0 Å². The van der Waals surface area contributed by atoms with Crippen molar-refractivity contribution in [1.82, 2.24) is 20.2 Å². The van der Waals surface area contributed by atoms with E-state index in [1.807, 2.05) is 32.9 Å². The molecule has 1 unspecified atom stereocenters. The van der Waals surface area contributed by atoms with Gasteiger partial charge in [-0.3, -0.25) is 0 Å². The quantitative estimate of drug-likeness (QED) is 0.816. The van der Waals surface area contributed by atoms with Gasteiger partial charge in [-0.15, -0.1) is 0 Å². The van der Waals surface area contributed by atoms with Crippen LogP contribution < -0.4 is 14.8 Å². The van der Waals surface area contributed by atoms with Crippen LogP contribution in [0.3, 0.4) is 0 Å². The summed E-state index contributed by atoms with van der Waals surface area (Å²) in [5.74, 6) is 0.412. The van der Waals surface area contributed by atoms with Gasteiger partial charge in [-0.1, -0.05) is 11.2 Å². The molecule has 0 bridgehead atoms. The zero-order valence-corrected chi connectivity index (χ0v) is 14.1. The van der Waals surface area contributed by atoms with Crippen molar-refractivity contribution in [2.75, 3.05) is 11.9 Å². The number of ether oxygens (including phenoxy) is 2. The van der Waals surface area contributed by atoms with E-state index >= 15 is 0 Å². The molecule has 2 heterocycles. The summed E-state index contributed by atoms with van der Waals surface area (Å²) in [4.78, 5) is 11.4. The fraction of sp³-hybridized carbons (Fsp3) is 0.375. The standard InChI is InChI=1S/C16H19N5O4/c1-4-24-14-7-10(5-6-13(14)25-9(2)3)12-8-11(15(22)23)17-16-18-19-20-21(12)16/h5-9,12H,4H2,1-3H3,(H,22,23)(H,17,18,20). The predicted octanol–water partition coefficient (Wildman–Crippen LogP) is 1.84. The average Bonchev–Trinajstić information content (AvgIpc) is 3.04. The molecule has 9 heteroatoms. The van der Waals surface area contributed by atoms with E-state index in [0.717, 1.165) is 5.56 Å². The van der Waals surface area contributed by atoms with Gasteiger partial charge in [-0.05, 0) is 55.0 Å². The number of anilines is 1. The summed E-state index contributed by atoms with van der Waals surface area (Å²) < 4.78 is 12.9. The van der Waals surface area contributed by atoms with E-state index in [1.54, 1.807) is 12.1 Å². The number of rotatable bonds is 6. The Morgan fingerprint density at radius 2 is 2.20 bits per heavy atom. The molecule has 25 heavy (non-hydrogen) atoms. The first kappa shape index (κ1) is 16.7. The first-order valence-electron chi connectivity index (χ1n) is 7.93. The van der Waals surface area contributed by atoms with Gasteiger partial charge in [-0.25, -0.2) is 4.79 Å². The molecule has 1 aromatic carbocycles. The maximum absolute atomic E-state index is 11.4. The Hall–Kier alpha value is -3.10. The lowest BCUT2D eigenvalue weighted by Crippen LogP contribution is -2.24. The van der Waals surface area contributed by atoms with Gasteiger partial charge in [-0.2, -0.15) is 4.68 Å². The number of carbonyl (C=O) groups is 1. The zero-order valence-electron chi connectivity index (χ0n) is 14.1. The highest BCUT2D eigenvalue weighted by Crippen LogP contribution is 2.35. The largest absolute Gasteiger partial charge is 0.490 e. The van der Waals surface area contributed by atoms with Crippen LogP contribution in [0.15, 0.2) is 30.0 Å². The van der Waals surface area contributed by atoms with E-state index in [-0.39, 0.29) is 17.7 Å². The third-order valence-electron chi connectivity index (χ3n) is 3.53. The van der Waals surface area contributed by atoms with E-state index in [4.69, 9.17) is 9.47 Å². The van der Waals surface area contributed by atoms with E-state index in [0.29, 0.717) is 18.1 Å². The summed E-state index contributed by atoms with van der Waals surface area (Å²) in [6, 6.07) is 5.00. The minimum atomic E-state index is -1.08. The lowest BCUT2D eigenvalue weighted by atomic mass is 10.0. The molecule has 0 saturated heterocycles. The van der Waals surface area contributed by atoms with Crippen LogP contribution >= 0.6 is 0 Å². The molecule has 9 nitrogen and oxygen atoms in total. The summed E-state index contributed by atoms with van der Waals surface area (Å²) in [7, 11) is 0. The van der Waals surface area contributed by atoms with Gasteiger partial charge in [0.25, 0.3) is 0 Å². The summed E-state index contributed by atoms with van der Waals surface area (Å²) in [6.07, 6.45) is 1.56. The van der Waals surface area contributed by atoms with Crippen molar-refractivity contribution < 1.29 is 19.4 Å². The third kappa shape index (κ3) is 3.39. The summed E-state index contributed by atoms with van der Waals surface area (Å²) in [6.45, 7) is 6.24. The topological polar surface area (TPSA) is 111 Å². The second-order valence-electron chi connectivity index (χ2n) is 5.71. The number of fused-ring (bicyclic) bond motifs is 1. The number of hydrogen-bond donors (Lipinski definition) is 2. The van der Waals surface area contributed by atoms with Crippen LogP contribution in [-0.4, -0.2) is 44.0 Å². The van der Waals surface area contributed by atoms with Gasteiger partial charge in [0.1, 0.15) is 11.7 Å². The Morgan fingerprint density at radius 3 is 2.88 bits per heavy atom. The minimum absolute atomic E-state index is 0.00793. The van der Waals surface area contributed by atoms with Gasteiger partial charge in [0.15, 0.2) is 11.5 Å². The number of nitrogens with one attached hydrogen (secondary N) is 1. The molecule has 0 spiro atoms. The summed E-state index contributed by atoms with van der Waals surface area (Å²) >= 11 is 0. The van der Waals surface area contributed by atoms with Crippen LogP contribution in [0.4, 0.5) is 5.95 Å². The Morgan fingerprint density at radius 1 is 1.40 bits per heavy atom. The lowest BCUT2D eigenvalue weighted by Gasteiger charge is -2.23. The Kier molecular flexibility index (Phi) is 4.55. The molecule has 3 rings (SSSR count). The molecule has 1 atom stereocenters. The molecule has 2 N–H and O–H groups in total. The van der Waals surface area contributed by atoms with Crippen molar-refractivity contribution >= 4 is 11.9 Å². The molecule has 132 valence electrons. The monoisotopic (exact) mass is 345 g/mol. The van der Waals surface area contributed by atoms with Crippen LogP contribution in [0.1, 0.15) is 32.4 Å². The van der Waals surface area contributed by atoms with E-state index in [2.05, 4.69) is 20.8 Å². The van der Waals surface area contributed by atoms with Crippen LogP contribution in [-0.2, 0) is 4.79 Å². The lowest BCUT2D eigenvalue weighted by molar-refractivity contribution is -0.132. The zero-order chi connectivity index (χ0) is 18.0. The van der Waals surface area contributed by atoms with Crippen LogP contribution in [0.2, 0.25) is 0 Å². The van der Waals surface area contributed by atoms with Gasteiger partial charge < -0.3 is 19.9 Å². The molecule has 1 aromatic heterocycles. The molecule has 0 fully saturated rings. The second kappa shape index (κ2) is 6.80. The number of aliphatic carboxylic acids is 1. The van der Waals surface area contributed by atoms with Gasteiger partial charge in [0.05, 0.1) is 12.7 Å². The molecule has 0 aliphatic carbocycles. The first-order chi connectivity index (χ1) is 12.0. The fourth-order valence-electron chi connectivity index (χ4n) is 2.54. The normalized spacial score (nSPS) is 16.0. The number of carboxylic acids is 1. The van der Waals surface area contributed by atoms with E-state index < -0.39 is 12.0 Å². The first-order valence-corrected chi connectivity index (χ1v) is 7.93. The van der Waals surface area contributed by atoms with Crippen molar-refractivity contribution in [3.63, 3.8) is 0 Å². The third-order valence-corrected chi connectivity index (χ3v) is 3.53. The smallest absolute Gasteiger partial charge is 0.352 e. The number of aromatic nitrogens is 4. The number of benzene rings is 1. The van der Waals surface area contributed by atoms with Gasteiger partial charge >= 0.3 is 5.97 Å². The molecule has 2 aromatic rings. The molecule has 1 aliphatic rings. The van der Waals surface area contributed by atoms with Crippen LogP contribution in [0.5, 0.6) is 11.5 Å². The molecule has 0 amide bonds. The second-order valence-corrected chi connectivity index (χ2v) is 5.71. The summed E-state index contributed by atoms with van der Waals surface area (Å²) in [5, 5.41) is 23.3. The molecule has 0 saturated carbocycles. The molecular weight excluding hydrogens is 326 g/mol. The van der Waals surface area contributed by atoms with Gasteiger partial charge in [0, 0.05) is 0 Å². The van der Waals surface area contributed by atoms with Crippen molar-refractivity contribution in [3.8, 4) is 11.5 Å². The number of tetrazole rings is 1. The number of nitrogens with zero attached hydrogens (tertiary/aromatic N) is 4. The summed E-state index contributed by atoms with van der Waals surface area (Å²) in [5.41, 5.74) is 0.807. The SMILES string of the molecule is CCOc1cc(C2C=C(C(=O)O)Nc3nnnn32)ccc1OC(C)C. The van der Waals surface area contributed by atoms with Crippen LogP contribution in [0, 0.1) is 0 Å². The molecular formula is C16H19N5O4. The van der Waals surface area contributed by atoms with E-state index in [1.165, 1.54) is 4.68 Å².